The van der Waals surface area contributed by atoms with Gasteiger partial charge in [0.15, 0.2) is 0 Å². The van der Waals surface area contributed by atoms with Gasteiger partial charge in [0, 0.05) is 0 Å². The molecule has 0 fully saturated rings. The Labute approximate surface area is 181 Å². The first-order valence-corrected chi connectivity index (χ1v) is 10.9. The Bertz CT molecular complexity index is 949. The van der Waals surface area contributed by atoms with E-state index in [2.05, 4.69) is 95.3 Å². The van der Waals surface area contributed by atoms with Gasteiger partial charge in [-0.3, -0.25) is 0 Å². The van der Waals surface area contributed by atoms with Crippen LogP contribution >= 0.6 is 0 Å². The molecule has 0 amide bonds. The highest BCUT2D eigenvalue weighted by Crippen LogP contribution is 2.29. The van der Waals surface area contributed by atoms with Crippen molar-refractivity contribution in [1.29, 1.82) is 0 Å². The van der Waals surface area contributed by atoms with Crippen LogP contribution in [0.3, 0.4) is 0 Å². The van der Waals surface area contributed by atoms with E-state index in [1.54, 1.807) is 0 Å². The van der Waals surface area contributed by atoms with Gasteiger partial charge in [-0.2, -0.15) is 0 Å². The quantitative estimate of drug-likeness (QED) is 0.366. The van der Waals surface area contributed by atoms with Gasteiger partial charge in [0.05, 0.1) is 0 Å². The summed E-state index contributed by atoms with van der Waals surface area (Å²) < 4.78 is 12.0. The fourth-order valence-corrected chi connectivity index (χ4v) is 3.47. The summed E-state index contributed by atoms with van der Waals surface area (Å²) in [7, 11) is 0. The van der Waals surface area contributed by atoms with Crippen LogP contribution in [0.5, 0.6) is 11.5 Å². The molecule has 3 rings (SSSR count). The smallest absolute Gasteiger partial charge is 0.122 e. The molecule has 0 saturated carbocycles. The SMILES string of the molecule is CCCc1cc(-c2ccc(C)cc2)ccc1OCCOc1cccc(C(C)(C)C)c1. The van der Waals surface area contributed by atoms with Crippen molar-refractivity contribution >= 4 is 0 Å². The molecule has 2 nitrogen and oxygen atoms in total. The fraction of sp³-hybridized carbons (Fsp3) is 0.357. The van der Waals surface area contributed by atoms with Crippen LogP contribution in [0.4, 0.5) is 0 Å². The molecule has 0 aromatic heterocycles. The van der Waals surface area contributed by atoms with Gasteiger partial charge in [0.2, 0.25) is 0 Å². The van der Waals surface area contributed by atoms with Crippen LogP contribution in [0.1, 0.15) is 50.8 Å². The third-order valence-electron chi connectivity index (χ3n) is 5.27. The van der Waals surface area contributed by atoms with Crippen molar-refractivity contribution in [1.82, 2.24) is 0 Å². The molecule has 0 bridgehead atoms. The second kappa shape index (κ2) is 9.84. The van der Waals surface area contributed by atoms with E-state index in [1.165, 1.54) is 27.8 Å². The Morgan fingerprint density at radius 2 is 1.47 bits per heavy atom. The first kappa shape index (κ1) is 22.0. The van der Waals surface area contributed by atoms with Gasteiger partial charge in [-0.15, -0.1) is 0 Å². The monoisotopic (exact) mass is 402 g/mol. The molecule has 0 radical (unpaired) electrons. The lowest BCUT2D eigenvalue weighted by Crippen LogP contribution is -2.13. The highest BCUT2D eigenvalue weighted by Gasteiger charge is 2.14. The van der Waals surface area contributed by atoms with Gasteiger partial charge in [0.1, 0.15) is 24.7 Å². The molecular formula is C28H34O2. The second-order valence-electron chi connectivity index (χ2n) is 8.91. The molecule has 0 N–H and O–H groups in total. The molecule has 30 heavy (non-hydrogen) atoms. The van der Waals surface area contributed by atoms with E-state index < -0.39 is 0 Å². The predicted octanol–water partition coefficient (Wildman–Crippen LogP) is 7.37. The molecule has 158 valence electrons. The third kappa shape index (κ3) is 5.89. The number of hydrogen-bond donors (Lipinski definition) is 0. The van der Waals surface area contributed by atoms with E-state index in [-0.39, 0.29) is 5.41 Å². The zero-order chi connectivity index (χ0) is 21.6. The van der Waals surface area contributed by atoms with E-state index in [9.17, 15) is 0 Å². The maximum Gasteiger partial charge on any atom is 0.122 e. The maximum absolute atomic E-state index is 6.09. The van der Waals surface area contributed by atoms with Crippen LogP contribution in [-0.2, 0) is 11.8 Å². The minimum Gasteiger partial charge on any atom is -0.490 e. The van der Waals surface area contributed by atoms with E-state index in [0.29, 0.717) is 13.2 Å². The Kier molecular flexibility index (Phi) is 7.20. The molecule has 0 aliphatic heterocycles. The molecule has 0 aliphatic carbocycles. The van der Waals surface area contributed by atoms with Crippen LogP contribution in [0.2, 0.25) is 0 Å². The molecule has 3 aromatic rings. The summed E-state index contributed by atoms with van der Waals surface area (Å²) in [5.41, 5.74) is 6.40. The van der Waals surface area contributed by atoms with Crippen LogP contribution in [-0.4, -0.2) is 13.2 Å². The van der Waals surface area contributed by atoms with Gasteiger partial charge >= 0.3 is 0 Å². The number of hydrogen-bond acceptors (Lipinski definition) is 2. The van der Waals surface area contributed by atoms with Crippen molar-refractivity contribution in [3.05, 3.63) is 83.4 Å². The second-order valence-corrected chi connectivity index (χ2v) is 8.91. The number of benzene rings is 3. The van der Waals surface area contributed by atoms with Gasteiger partial charge in [-0.1, -0.05) is 82.1 Å². The van der Waals surface area contributed by atoms with Crippen molar-refractivity contribution in [2.75, 3.05) is 13.2 Å². The summed E-state index contributed by atoms with van der Waals surface area (Å²) in [5.74, 6) is 1.86. The summed E-state index contributed by atoms with van der Waals surface area (Å²) in [4.78, 5) is 0. The van der Waals surface area contributed by atoms with Crippen LogP contribution in [0, 0.1) is 6.92 Å². The van der Waals surface area contributed by atoms with E-state index in [4.69, 9.17) is 9.47 Å². The topological polar surface area (TPSA) is 18.5 Å². The summed E-state index contributed by atoms with van der Waals surface area (Å²) in [6, 6.07) is 23.5. The summed E-state index contributed by atoms with van der Waals surface area (Å²) in [5, 5.41) is 0. The number of aryl methyl sites for hydroxylation is 2. The highest BCUT2D eigenvalue weighted by molar-refractivity contribution is 5.66. The minimum atomic E-state index is 0.115. The largest absolute Gasteiger partial charge is 0.490 e. The zero-order valence-electron chi connectivity index (χ0n) is 19.0. The molecule has 0 saturated heterocycles. The van der Waals surface area contributed by atoms with Crippen LogP contribution in [0.25, 0.3) is 11.1 Å². The fourth-order valence-electron chi connectivity index (χ4n) is 3.47. The van der Waals surface area contributed by atoms with Gasteiger partial charge in [0.25, 0.3) is 0 Å². The maximum atomic E-state index is 6.09. The summed E-state index contributed by atoms with van der Waals surface area (Å²) in [6.45, 7) is 12.0. The zero-order valence-corrected chi connectivity index (χ0v) is 19.0. The first-order valence-electron chi connectivity index (χ1n) is 10.9. The van der Waals surface area contributed by atoms with Crippen molar-refractivity contribution < 1.29 is 9.47 Å². The third-order valence-corrected chi connectivity index (χ3v) is 5.27. The number of ether oxygens (including phenoxy) is 2. The van der Waals surface area contributed by atoms with Gasteiger partial charge in [-0.25, -0.2) is 0 Å². The lowest BCUT2D eigenvalue weighted by Gasteiger charge is -2.20. The van der Waals surface area contributed by atoms with E-state index in [0.717, 1.165) is 24.3 Å². The predicted molar refractivity (Wildman–Crippen MR) is 127 cm³/mol. The molecular weight excluding hydrogens is 368 g/mol. The Balaban J connectivity index is 1.63. The Morgan fingerprint density at radius 1 is 0.767 bits per heavy atom. The molecule has 2 heteroatoms. The normalized spacial score (nSPS) is 11.4. The minimum absolute atomic E-state index is 0.115. The Hall–Kier alpha value is -2.74. The van der Waals surface area contributed by atoms with Crippen molar-refractivity contribution in [3.63, 3.8) is 0 Å². The van der Waals surface area contributed by atoms with Crippen LogP contribution < -0.4 is 9.47 Å². The lowest BCUT2D eigenvalue weighted by atomic mass is 9.87. The van der Waals surface area contributed by atoms with Crippen molar-refractivity contribution in [2.45, 2.75) is 52.9 Å². The van der Waals surface area contributed by atoms with Gasteiger partial charge < -0.3 is 9.47 Å². The molecule has 0 heterocycles. The number of rotatable bonds is 8. The van der Waals surface area contributed by atoms with Gasteiger partial charge in [-0.05, 0) is 65.3 Å². The summed E-state index contributed by atoms with van der Waals surface area (Å²) >= 11 is 0. The lowest BCUT2D eigenvalue weighted by molar-refractivity contribution is 0.215. The van der Waals surface area contributed by atoms with Crippen molar-refractivity contribution in [2.24, 2.45) is 0 Å². The summed E-state index contributed by atoms with van der Waals surface area (Å²) in [6.07, 6.45) is 2.09. The highest BCUT2D eigenvalue weighted by atomic mass is 16.5. The molecule has 0 aliphatic rings. The van der Waals surface area contributed by atoms with Crippen LogP contribution in [0.15, 0.2) is 66.7 Å². The average molecular weight is 403 g/mol. The van der Waals surface area contributed by atoms with E-state index >= 15 is 0 Å². The molecule has 0 atom stereocenters. The van der Waals surface area contributed by atoms with E-state index in [1.807, 2.05) is 6.07 Å². The Morgan fingerprint density at radius 3 is 2.17 bits per heavy atom. The molecule has 0 spiro atoms. The standard InChI is InChI=1S/C28H34O2/c1-6-8-24-19-23(22-13-11-21(2)12-14-22)15-16-27(24)30-18-17-29-26-10-7-9-25(20-26)28(3,4)5/h7,9-16,19-20H,6,8,17-18H2,1-5H3. The average Bonchev–Trinajstić information content (AvgIpc) is 2.72. The van der Waals surface area contributed by atoms with Crippen molar-refractivity contribution in [3.8, 4) is 22.6 Å². The molecule has 0 unspecified atom stereocenters. The molecule has 3 aromatic carbocycles. The first-order chi connectivity index (χ1) is 14.4.